The summed E-state index contributed by atoms with van der Waals surface area (Å²) >= 11 is 13.8. The summed E-state index contributed by atoms with van der Waals surface area (Å²) in [6.07, 6.45) is 1.86. The monoisotopic (exact) mass is 440 g/mol. The van der Waals surface area contributed by atoms with Crippen molar-refractivity contribution < 1.29 is 0 Å². The summed E-state index contributed by atoms with van der Waals surface area (Å²) in [6.45, 7) is 4.52. The molecule has 0 aliphatic carbocycles. The van der Waals surface area contributed by atoms with Crippen LogP contribution >= 0.6 is 51.5 Å². The molecule has 0 saturated carbocycles. The Hall–Kier alpha value is -1.33. The summed E-state index contributed by atoms with van der Waals surface area (Å²) in [7, 11) is 0. The summed E-state index contributed by atoms with van der Waals surface area (Å²) in [5.41, 5.74) is 2.93. The topological polar surface area (TPSA) is 17.3 Å². The van der Waals surface area contributed by atoms with Crippen LogP contribution in [0, 0.1) is 0 Å². The molecule has 0 aliphatic rings. The minimum Gasteiger partial charge on any atom is -0.313 e. The van der Waals surface area contributed by atoms with Crippen LogP contribution in [0.5, 0.6) is 0 Å². The van der Waals surface area contributed by atoms with E-state index in [9.17, 15) is 0 Å². The minimum atomic E-state index is 0. The molecule has 0 amide bonds. The highest BCUT2D eigenvalue weighted by Crippen LogP contribution is 2.25. The molecule has 0 spiro atoms. The normalized spacial score (nSPS) is 11.2. The maximum atomic E-state index is 6.21. The smallest absolute Gasteiger partial charge is 0.190 e. The van der Waals surface area contributed by atoms with Crippen molar-refractivity contribution in [2.75, 3.05) is 0 Å². The van der Waals surface area contributed by atoms with Crippen LogP contribution in [-0.4, -0.2) is 4.57 Å². The predicted molar refractivity (Wildman–Crippen MR) is 110 cm³/mol. The Kier molecular flexibility index (Phi) is 6.87. The number of halogens is 3. The van der Waals surface area contributed by atoms with E-state index in [-0.39, 0.29) is 17.0 Å². The first-order valence-electron chi connectivity index (χ1n) is 7.03. The molecule has 0 unspecified atom stereocenters. The molecule has 0 bridgehead atoms. The molecule has 0 radical (unpaired) electrons. The highest BCUT2D eigenvalue weighted by Gasteiger charge is 2.07. The lowest BCUT2D eigenvalue weighted by Gasteiger charge is -2.07. The van der Waals surface area contributed by atoms with Crippen LogP contribution in [0.1, 0.15) is 0 Å². The van der Waals surface area contributed by atoms with Crippen LogP contribution in [-0.2, 0) is 6.54 Å². The number of aromatic nitrogens is 1. The number of thiazole rings is 1. The molecule has 124 valence electrons. The van der Waals surface area contributed by atoms with E-state index in [4.69, 9.17) is 28.2 Å². The van der Waals surface area contributed by atoms with Crippen molar-refractivity contribution in [1.29, 1.82) is 0 Å². The molecule has 1 heterocycles. The van der Waals surface area contributed by atoms with Crippen molar-refractivity contribution in [3.8, 4) is 11.3 Å². The average Bonchev–Trinajstić information content (AvgIpc) is 2.94. The SMILES string of the molecule is Br.C=CCn1c(-c2ccc(Cl)cc2)csc1=Nc1ccccc1Cl. The molecule has 0 N–H and O–H groups in total. The van der Waals surface area contributed by atoms with Gasteiger partial charge in [-0.25, -0.2) is 4.99 Å². The summed E-state index contributed by atoms with van der Waals surface area (Å²) in [5.74, 6) is 0. The molecular weight excluding hydrogens is 427 g/mol. The zero-order valence-electron chi connectivity index (χ0n) is 12.7. The molecule has 3 rings (SSSR count). The number of nitrogens with zero attached hydrogens (tertiary/aromatic N) is 2. The Balaban J connectivity index is 0.00000208. The summed E-state index contributed by atoms with van der Waals surface area (Å²) in [5, 5.41) is 3.45. The zero-order chi connectivity index (χ0) is 16.2. The van der Waals surface area contributed by atoms with Crippen LogP contribution in [0.15, 0.2) is 71.6 Å². The fourth-order valence-corrected chi connectivity index (χ4v) is 3.46. The van der Waals surface area contributed by atoms with Crippen molar-refractivity contribution in [1.82, 2.24) is 4.57 Å². The maximum absolute atomic E-state index is 6.21. The first kappa shape index (κ1) is 19.0. The van der Waals surface area contributed by atoms with Gasteiger partial charge in [0.1, 0.15) is 0 Å². The second-order valence-electron chi connectivity index (χ2n) is 4.87. The Bertz CT molecular complexity index is 898. The fourth-order valence-electron chi connectivity index (χ4n) is 2.22. The highest BCUT2D eigenvalue weighted by molar-refractivity contribution is 8.93. The molecule has 0 atom stereocenters. The van der Waals surface area contributed by atoms with Crippen molar-refractivity contribution in [3.63, 3.8) is 0 Å². The second-order valence-corrected chi connectivity index (χ2v) is 6.55. The number of rotatable bonds is 4. The van der Waals surface area contributed by atoms with E-state index in [0.29, 0.717) is 11.6 Å². The van der Waals surface area contributed by atoms with Crippen LogP contribution in [0.3, 0.4) is 0 Å². The van der Waals surface area contributed by atoms with E-state index in [1.165, 1.54) is 0 Å². The van der Waals surface area contributed by atoms with Crippen molar-refractivity contribution in [3.05, 3.63) is 81.4 Å². The van der Waals surface area contributed by atoms with E-state index >= 15 is 0 Å². The summed E-state index contributed by atoms with van der Waals surface area (Å²) < 4.78 is 2.12. The molecule has 6 heteroatoms. The maximum Gasteiger partial charge on any atom is 0.190 e. The standard InChI is InChI=1S/C18H14Cl2N2S.BrH/c1-2-11-22-17(13-7-9-14(19)10-8-13)12-23-18(22)21-16-6-4-3-5-15(16)20;/h2-10,12H,1,11H2;1H. The van der Waals surface area contributed by atoms with Gasteiger partial charge in [0.15, 0.2) is 4.80 Å². The summed E-state index contributed by atoms with van der Waals surface area (Å²) in [4.78, 5) is 5.58. The quantitative estimate of drug-likeness (QED) is 0.410. The molecule has 1 aromatic heterocycles. The van der Waals surface area contributed by atoms with Gasteiger partial charge in [0.2, 0.25) is 0 Å². The number of hydrogen-bond acceptors (Lipinski definition) is 2. The Morgan fingerprint density at radius 2 is 1.79 bits per heavy atom. The third kappa shape index (κ3) is 4.19. The van der Waals surface area contributed by atoms with Gasteiger partial charge in [-0.2, -0.15) is 0 Å². The van der Waals surface area contributed by atoms with E-state index in [1.807, 2.05) is 54.6 Å². The van der Waals surface area contributed by atoms with Gasteiger partial charge in [0.25, 0.3) is 0 Å². The van der Waals surface area contributed by atoms with Gasteiger partial charge in [0, 0.05) is 16.9 Å². The van der Waals surface area contributed by atoms with E-state index in [1.54, 1.807) is 11.3 Å². The van der Waals surface area contributed by atoms with Crippen molar-refractivity contribution >= 4 is 57.2 Å². The first-order valence-corrected chi connectivity index (χ1v) is 8.67. The van der Waals surface area contributed by atoms with Gasteiger partial charge in [-0.15, -0.1) is 34.9 Å². The Morgan fingerprint density at radius 1 is 1.08 bits per heavy atom. The molecule has 0 aliphatic heterocycles. The van der Waals surface area contributed by atoms with Crippen molar-refractivity contribution in [2.45, 2.75) is 6.54 Å². The molecular formula is C18H15BrCl2N2S. The minimum absolute atomic E-state index is 0. The summed E-state index contributed by atoms with van der Waals surface area (Å²) in [6, 6.07) is 15.3. The van der Waals surface area contributed by atoms with Crippen LogP contribution in [0.4, 0.5) is 5.69 Å². The predicted octanol–water partition coefficient (Wildman–Crippen LogP) is 6.52. The second kappa shape index (κ2) is 8.67. The Labute approximate surface area is 165 Å². The van der Waals surface area contributed by atoms with E-state index in [0.717, 1.165) is 26.8 Å². The number of benzene rings is 2. The third-order valence-corrected chi connectivity index (χ3v) is 4.75. The largest absolute Gasteiger partial charge is 0.313 e. The third-order valence-electron chi connectivity index (χ3n) is 3.32. The molecule has 0 fully saturated rings. The van der Waals surface area contributed by atoms with Crippen LogP contribution in [0.25, 0.3) is 11.3 Å². The lowest BCUT2D eigenvalue weighted by molar-refractivity contribution is 0.800. The molecule has 2 aromatic carbocycles. The lowest BCUT2D eigenvalue weighted by Crippen LogP contribution is -2.14. The van der Waals surface area contributed by atoms with Gasteiger partial charge in [-0.3, -0.25) is 0 Å². The zero-order valence-corrected chi connectivity index (χ0v) is 16.7. The first-order chi connectivity index (χ1) is 11.2. The van der Waals surface area contributed by atoms with Gasteiger partial charge in [-0.1, -0.05) is 53.5 Å². The number of para-hydroxylation sites is 1. The average molecular weight is 442 g/mol. The van der Waals surface area contributed by atoms with Gasteiger partial charge < -0.3 is 4.57 Å². The number of allylic oxidation sites excluding steroid dienone is 1. The molecule has 0 saturated heterocycles. The lowest BCUT2D eigenvalue weighted by atomic mass is 10.2. The van der Waals surface area contributed by atoms with Crippen LogP contribution < -0.4 is 4.80 Å². The van der Waals surface area contributed by atoms with Crippen LogP contribution in [0.2, 0.25) is 10.0 Å². The fraction of sp³-hybridized carbons (Fsp3) is 0.0556. The number of hydrogen-bond donors (Lipinski definition) is 0. The molecule has 2 nitrogen and oxygen atoms in total. The van der Waals surface area contributed by atoms with Crippen molar-refractivity contribution in [2.24, 2.45) is 4.99 Å². The van der Waals surface area contributed by atoms with Gasteiger partial charge >= 0.3 is 0 Å². The Morgan fingerprint density at radius 3 is 2.46 bits per heavy atom. The van der Waals surface area contributed by atoms with E-state index in [2.05, 4.69) is 16.5 Å². The van der Waals surface area contributed by atoms with Gasteiger partial charge in [0.05, 0.1) is 16.4 Å². The highest BCUT2D eigenvalue weighted by atomic mass is 79.9. The molecule has 3 aromatic rings. The molecule has 24 heavy (non-hydrogen) atoms. The van der Waals surface area contributed by atoms with Gasteiger partial charge in [-0.05, 0) is 29.8 Å². The van der Waals surface area contributed by atoms with E-state index < -0.39 is 0 Å².